The molecule has 1 N–H and O–H groups in total. The lowest BCUT2D eigenvalue weighted by Gasteiger charge is -2.32. The molecule has 1 aromatic carbocycles. The molecule has 0 saturated carbocycles. The van der Waals surface area contributed by atoms with Crippen LogP contribution in [0.2, 0.25) is 0 Å². The largest absolute Gasteiger partial charge is 0.497 e. The Labute approximate surface area is 148 Å². The Bertz CT molecular complexity index is 743. The molecule has 0 unspecified atom stereocenters. The monoisotopic (exact) mass is 340 g/mol. The number of benzene rings is 1. The Morgan fingerprint density at radius 3 is 2.72 bits per heavy atom. The Hall–Kier alpha value is -2.63. The number of nitrogens with zero attached hydrogens (tertiary/aromatic N) is 3. The molecular weight excluding hydrogens is 316 g/mol. The molecule has 2 aromatic rings. The van der Waals surface area contributed by atoms with Gasteiger partial charge in [0.25, 0.3) is 0 Å². The molecule has 6 heteroatoms. The standard InChI is InChI=1S/C19H24N4O2/c1-13-10-14(2)21-19(20-13)23-9-5-6-15(12-23)18(24)22-16-7-4-8-17(11-16)25-3/h4,7-8,10-11,15H,5-6,9,12H2,1-3H3,(H,22,24)/t15-/m1/s1. The summed E-state index contributed by atoms with van der Waals surface area (Å²) < 4.78 is 5.20. The zero-order chi connectivity index (χ0) is 17.8. The van der Waals surface area contributed by atoms with Gasteiger partial charge in [0.2, 0.25) is 11.9 Å². The molecule has 6 nitrogen and oxygen atoms in total. The van der Waals surface area contributed by atoms with Gasteiger partial charge in [0.15, 0.2) is 0 Å². The highest BCUT2D eigenvalue weighted by molar-refractivity contribution is 5.93. The first-order valence-electron chi connectivity index (χ1n) is 8.57. The van der Waals surface area contributed by atoms with E-state index >= 15 is 0 Å². The molecule has 0 bridgehead atoms. The molecule has 132 valence electrons. The predicted molar refractivity (Wildman–Crippen MR) is 98.1 cm³/mol. The molecule has 2 heterocycles. The number of amides is 1. The van der Waals surface area contributed by atoms with Gasteiger partial charge in [-0.3, -0.25) is 4.79 Å². The van der Waals surface area contributed by atoms with E-state index in [1.807, 2.05) is 44.2 Å². The van der Waals surface area contributed by atoms with Gasteiger partial charge in [-0.1, -0.05) is 6.07 Å². The summed E-state index contributed by atoms with van der Waals surface area (Å²) in [7, 11) is 1.61. The first-order chi connectivity index (χ1) is 12.0. The van der Waals surface area contributed by atoms with E-state index in [1.165, 1.54) is 0 Å². The number of aryl methyl sites for hydroxylation is 2. The minimum absolute atomic E-state index is 0.0299. The van der Waals surface area contributed by atoms with Crippen LogP contribution in [0.25, 0.3) is 0 Å². The Morgan fingerprint density at radius 1 is 1.24 bits per heavy atom. The summed E-state index contributed by atoms with van der Waals surface area (Å²) in [5, 5.41) is 2.99. The molecule has 3 rings (SSSR count). The second-order valence-electron chi connectivity index (χ2n) is 6.46. The fraction of sp³-hybridized carbons (Fsp3) is 0.421. The first-order valence-corrected chi connectivity index (χ1v) is 8.57. The van der Waals surface area contributed by atoms with E-state index in [0.717, 1.165) is 48.2 Å². The van der Waals surface area contributed by atoms with E-state index in [-0.39, 0.29) is 11.8 Å². The van der Waals surface area contributed by atoms with Crippen molar-refractivity contribution in [1.82, 2.24) is 9.97 Å². The number of hydrogen-bond donors (Lipinski definition) is 1. The molecule has 1 aliphatic heterocycles. The number of nitrogens with one attached hydrogen (secondary N) is 1. The summed E-state index contributed by atoms with van der Waals surface area (Å²) in [5.41, 5.74) is 2.65. The molecular formula is C19H24N4O2. The predicted octanol–water partition coefficient (Wildman–Crippen LogP) is 2.96. The van der Waals surface area contributed by atoms with E-state index < -0.39 is 0 Å². The van der Waals surface area contributed by atoms with Crippen LogP contribution in [0.3, 0.4) is 0 Å². The van der Waals surface area contributed by atoms with Crippen LogP contribution in [0.15, 0.2) is 30.3 Å². The van der Waals surface area contributed by atoms with E-state index in [0.29, 0.717) is 6.54 Å². The van der Waals surface area contributed by atoms with Gasteiger partial charge in [-0.2, -0.15) is 0 Å². The zero-order valence-electron chi connectivity index (χ0n) is 15.0. The van der Waals surface area contributed by atoms with Gasteiger partial charge in [-0.25, -0.2) is 9.97 Å². The lowest BCUT2D eigenvalue weighted by Crippen LogP contribution is -2.41. The summed E-state index contributed by atoms with van der Waals surface area (Å²) in [6.45, 7) is 5.45. The van der Waals surface area contributed by atoms with Crippen molar-refractivity contribution in [2.75, 3.05) is 30.4 Å². The van der Waals surface area contributed by atoms with Crippen LogP contribution >= 0.6 is 0 Å². The van der Waals surface area contributed by atoms with Crippen molar-refractivity contribution < 1.29 is 9.53 Å². The van der Waals surface area contributed by atoms with E-state index in [4.69, 9.17) is 4.74 Å². The van der Waals surface area contributed by atoms with Crippen molar-refractivity contribution in [3.8, 4) is 5.75 Å². The number of carbonyl (C=O) groups excluding carboxylic acids is 1. The summed E-state index contributed by atoms with van der Waals surface area (Å²) in [6.07, 6.45) is 1.82. The number of carbonyl (C=O) groups is 1. The maximum atomic E-state index is 12.7. The van der Waals surface area contributed by atoms with Gasteiger partial charge in [-0.05, 0) is 44.9 Å². The molecule has 0 radical (unpaired) electrons. The van der Waals surface area contributed by atoms with Gasteiger partial charge in [0.05, 0.1) is 13.0 Å². The number of methoxy groups -OCH3 is 1. The number of hydrogen-bond acceptors (Lipinski definition) is 5. The molecule has 1 amide bonds. The third-order valence-electron chi connectivity index (χ3n) is 4.38. The quantitative estimate of drug-likeness (QED) is 0.927. The first kappa shape index (κ1) is 17.2. The van der Waals surface area contributed by atoms with Gasteiger partial charge in [0.1, 0.15) is 5.75 Å². The average molecular weight is 340 g/mol. The SMILES string of the molecule is COc1cccc(NC(=O)[C@@H]2CCCN(c3nc(C)cc(C)n3)C2)c1. The number of rotatable bonds is 4. The van der Waals surface area contributed by atoms with Crippen LogP contribution in [0, 0.1) is 19.8 Å². The van der Waals surface area contributed by atoms with E-state index in [9.17, 15) is 4.79 Å². The Morgan fingerprint density at radius 2 is 2.00 bits per heavy atom. The van der Waals surface area contributed by atoms with Crippen LogP contribution < -0.4 is 15.0 Å². The van der Waals surface area contributed by atoms with Gasteiger partial charge in [0, 0.05) is 36.2 Å². The molecule has 1 saturated heterocycles. The van der Waals surface area contributed by atoms with E-state index in [1.54, 1.807) is 7.11 Å². The number of piperidine rings is 1. The summed E-state index contributed by atoms with van der Waals surface area (Å²) in [5.74, 6) is 1.40. The van der Waals surface area contributed by atoms with Gasteiger partial charge >= 0.3 is 0 Å². The molecule has 25 heavy (non-hydrogen) atoms. The second kappa shape index (κ2) is 7.51. The highest BCUT2D eigenvalue weighted by Gasteiger charge is 2.27. The molecule has 1 fully saturated rings. The van der Waals surface area contributed by atoms with Crippen molar-refractivity contribution in [3.05, 3.63) is 41.7 Å². The van der Waals surface area contributed by atoms with Crippen molar-refractivity contribution in [1.29, 1.82) is 0 Å². The fourth-order valence-corrected chi connectivity index (χ4v) is 3.17. The summed E-state index contributed by atoms with van der Waals surface area (Å²) >= 11 is 0. The van der Waals surface area contributed by atoms with Gasteiger partial charge in [-0.15, -0.1) is 0 Å². The van der Waals surface area contributed by atoms with Crippen molar-refractivity contribution in [2.45, 2.75) is 26.7 Å². The molecule has 1 atom stereocenters. The van der Waals surface area contributed by atoms with Crippen LogP contribution in [0.1, 0.15) is 24.2 Å². The maximum absolute atomic E-state index is 12.7. The van der Waals surface area contributed by atoms with Crippen molar-refractivity contribution in [3.63, 3.8) is 0 Å². The molecule has 1 aliphatic rings. The van der Waals surface area contributed by atoms with E-state index in [2.05, 4.69) is 20.2 Å². The third kappa shape index (κ3) is 4.26. The Balaban J connectivity index is 1.68. The van der Waals surface area contributed by atoms with Crippen molar-refractivity contribution >= 4 is 17.5 Å². The minimum Gasteiger partial charge on any atom is -0.497 e. The highest BCUT2D eigenvalue weighted by Crippen LogP contribution is 2.23. The van der Waals surface area contributed by atoms with Crippen LogP contribution in [0.4, 0.5) is 11.6 Å². The normalized spacial score (nSPS) is 17.2. The number of aromatic nitrogens is 2. The smallest absolute Gasteiger partial charge is 0.229 e. The fourth-order valence-electron chi connectivity index (χ4n) is 3.17. The second-order valence-corrected chi connectivity index (χ2v) is 6.46. The summed E-state index contributed by atoms with van der Waals surface area (Å²) in [4.78, 5) is 23.8. The minimum atomic E-state index is -0.0793. The number of anilines is 2. The third-order valence-corrected chi connectivity index (χ3v) is 4.38. The van der Waals surface area contributed by atoms with Crippen molar-refractivity contribution in [2.24, 2.45) is 5.92 Å². The zero-order valence-corrected chi connectivity index (χ0v) is 15.0. The van der Waals surface area contributed by atoms with Gasteiger partial charge < -0.3 is 15.0 Å². The lowest BCUT2D eigenvalue weighted by molar-refractivity contribution is -0.120. The molecule has 0 spiro atoms. The lowest BCUT2D eigenvalue weighted by atomic mass is 9.97. The number of ether oxygens (including phenoxy) is 1. The van der Waals surface area contributed by atoms with Crippen LogP contribution in [-0.2, 0) is 4.79 Å². The topological polar surface area (TPSA) is 67.3 Å². The van der Waals surface area contributed by atoms with Crippen LogP contribution in [0.5, 0.6) is 5.75 Å². The molecule has 0 aliphatic carbocycles. The maximum Gasteiger partial charge on any atom is 0.229 e. The average Bonchev–Trinajstić information content (AvgIpc) is 2.61. The molecule has 1 aromatic heterocycles. The highest BCUT2D eigenvalue weighted by atomic mass is 16.5. The Kier molecular flexibility index (Phi) is 5.16. The summed E-state index contributed by atoms with van der Waals surface area (Å²) in [6, 6.07) is 9.38. The van der Waals surface area contributed by atoms with Crippen LogP contribution in [-0.4, -0.2) is 36.1 Å².